The molecule has 0 aliphatic carbocycles. The molecule has 0 saturated heterocycles. The second kappa shape index (κ2) is 5.13. The fourth-order valence-electron chi connectivity index (χ4n) is 2.25. The van der Waals surface area contributed by atoms with Gasteiger partial charge in [0.05, 0.1) is 16.8 Å². The van der Waals surface area contributed by atoms with E-state index < -0.39 is 4.92 Å². The molecule has 0 saturated carbocycles. The lowest BCUT2D eigenvalue weighted by molar-refractivity contribution is -0.388. The molecule has 0 unspecified atom stereocenters. The number of aryl methyl sites for hydroxylation is 1. The van der Waals surface area contributed by atoms with Crippen molar-refractivity contribution in [3.63, 3.8) is 0 Å². The summed E-state index contributed by atoms with van der Waals surface area (Å²) >= 11 is 1.59. The van der Waals surface area contributed by atoms with E-state index in [1.807, 2.05) is 24.3 Å². The minimum atomic E-state index is -0.468. The molecule has 108 valence electrons. The van der Waals surface area contributed by atoms with Crippen LogP contribution in [0.1, 0.15) is 5.01 Å². The Bertz CT molecular complexity index is 777. The molecule has 1 aromatic carbocycles. The first-order valence-corrected chi connectivity index (χ1v) is 7.09. The Morgan fingerprint density at radius 3 is 2.90 bits per heavy atom. The molecular formula is C13H13N5O2S. The molecule has 0 amide bonds. The van der Waals surface area contributed by atoms with Crippen LogP contribution in [-0.2, 0) is 13.6 Å². The highest BCUT2D eigenvalue weighted by atomic mass is 32.1. The maximum absolute atomic E-state index is 11.0. The number of hydrogen-bond acceptors (Lipinski definition) is 6. The first-order chi connectivity index (χ1) is 10.1. The standard InChI is InChI=1S/C13H13N5O2S/c1-16(13-12(18(19)20)14-8-17(13)2)7-11-15-9-5-3-4-6-10(9)21-11/h3-6,8H,7H2,1-2H3. The molecule has 2 aromatic heterocycles. The summed E-state index contributed by atoms with van der Waals surface area (Å²) in [5, 5.41) is 11.9. The third-order valence-corrected chi connectivity index (χ3v) is 4.15. The first kappa shape index (κ1) is 13.5. The first-order valence-electron chi connectivity index (χ1n) is 6.27. The van der Waals surface area contributed by atoms with Crippen molar-refractivity contribution in [1.29, 1.82) is 0 Å². The van der Waals surface area contributed by atoms with Gasteiger partial charge in [-0.15, -0.1) is 11.3 Å². The molecule has 0 spiro atoms. The molecule has 3 rings (SSSR count). The molecule has 0 bridgehead atoms. The number of benzene rings is 1. The normalized spacial score (nSPS) is 11.0. The number of thiazole rings is 1. The second-order valence-corrected chi connectivity index (χ2v) is 5.81. The van der Waals surface area contributed by atoms with Crippen molar-refractivity contribution in [1.82, 2.24) is 14.5 Å². The molecule has 0 aliphatic rings. The Labute approximate surface area is 124 Å². The maximum atomic E-state index is 11.0. The number of aromatic nitrogens is 3. The van der Waals surface area contributed by atoms with Gasteiger partial charge < -0.3 is 15.0 Å². The van der Waals surface area contributed by atoms with E-state index in [-0.39, 0.29) is 5.82 Å². The van der Waals surface area contributed by atoms with Crippen LogP contribution in [0, 0.1) is 10.1 Å². The van der Waals surface area contributed by atoms with Crippen molar-refractivity contribution in [2.45, 2.75) is 6.54 Å². The minimum absolute atomic E-state index is 0.138. The second-order valence-electron chi connectivity index (χ2n) is 4.69. The lowest BCUT2D eigenvalue weighted by atomic mass is 10.3. The van der Waals surface area contributed by atoms with Gasteiger partial charge in [0.1, 0.15) is 5.01 Å². The lowest BCUT2D eigenvalue weighted by Gasteiger charge is -2.16. The topological polar surface area (TPSA) is 77.1 Å². The number of anilines is 1. The number of fused-ring (bicyclic) bond motifs is 1. The Kier molecular flexibility index (Phi) is 3.30. The third-order valence-electron chi connectivity index (χ3n) is 3.13. The SMILES string of the molecule is CN(Cc1nc2ccccc2s1)c1c([N+](=O)[O-])ncn1C. The minimum Gasteiger partial charge on any atom is -0.358 e. The number of para-hydroxylation sites is 1. The molecule has 8 heteroatoms. The molecule has 21 heavy (non-hydrogen) atoms. The molecule has 0 radical (unpaired) electrons. The average molecular weight is 303 g/mol. The predicted octanol–water partition coefficient (Wildman–Crippen LogP) is 2.57. The van der Waals surface area contributed by atoms with Crippen molar-refractivity contribution < 1.29 is 4.92 Å². The maximum Gasteiger partial charge on any atom is 0.406 e. The van der Waals surface area contributed by atoms with Gasteiger partial charge in [-0.1, -0.05) is 12.1 Å². The Balaban J connectivity index is 1.91. The van der Waals surface area contributed by atoms with Crippen LogP contribution in [-0.4, -0.2) is 26.5 Å². The van der Waals surface area contributed by atoms with Crippen LogP contribution in [0.3, 0.4) is 0 Å². The highest BCUT2D eigenvalue weighted by molar-refractivity contribution is 7.18. The largest absolute Gasteiger partial charge is 0.406 e. The van der Waals surface area contributed by atoms with Gasteiger partial charge in [-0.3, -0.25) is 4.57 Å². The summed E-state index contributed by atoms with van der Waals surface area (Å²) in [4.78, 5) is 20.7. The zero-order valence-corrected chi connectivity index (χ0v) is 12.4. The smallest absolute Gasteiger partial charge is 0.358 e. The van der Waals surface area contributed by atoms with E-state index in [1.165, 1.54) is 6.33 Å². The van der Waals surface area contributed by atoms with Crippen LogP contribution in [0.15, 0.2) is 30.6 Å². The summed E-state index contributed by atoms with van der Waals surface area (Å²) in [6.45, 7) is 0.500. The van der Waals surface area contributed by atoms with E-state index in [2.05, 4.69) is 9.97 Å². The zero-order valence-electron chi connectivity index (χ0n) is 11.6. The number of nitrogens with zero attached hydrogens (tertiary/aromatic N) is 5. The molecule has 0 fully saturated rings. The summed E-state index contributed by atoms with van der Waals surface area (Å²) in [5.74, 6) is 0.334. The summed E-state index contributed by atoms with van der Waals surface area (Å²) < 4.78 is 2.76. The summed E-state index contributed by atoms with van der Waals surface area (Å²) in [6.07, 6.45) is 1.45. The van der Waals surface area contributed by atoms with Gasteiger partial charge in [0.15, 0.2) is 0 Å². The van der Waals surface area contributed by atoms with Crippen LogP contribution in [0.5, 0.6) is 0 Å². The van der Waals surface area contributed by atoms with Crippen LogP contribution < -0.4 is 4.90 Å². The zero-order chi connectivity index (χ0) is 15.0. The Hall–Kier alpha value is -2.48. The van der Waals surface area contributed by atoms with Crippen LogP contribution in [0.25, 0.3) is 10.2 Å². The van der Waals surface area contributed by atoms with Gasteiger partial charge in [-0.2, -0.15) is 0 Å². The fraction of sp³-hybridized carbons (Fsp3) is 0.231. The summed E-state index contributed by atoms with van der Waals surface area (Å²) in [6, 6.07) is 7.90. The van der Waals surface area contributed by atoms with E-state index in [9.17, 15) is 10.1 Å². The van der Waals surface area contributed by atoms with E-state index in [0.29, 0.717) is 12.4 Å². The molecule has 0 aliphatic heterocycles. The van der Waals surface area contributed by atoms with Crippen molar-refractivity contribution in [3.05, 3.63) is 45.7 Å². The fourth-order valence-corrected chi connectivity index (χ4v) is 3.27. The Morgan fingerprint density at radius 2 is 2.19 bits per heavy atom. The predicted molar refractivity (Wildman–Crippen MR) is 81.6 cm³/mol. The van der Waals surface area contributed by atoms with Gasteiger partial charge in [-0.25, -0.2) is 4.98 Å². The number of hydrogen-bond donors (Lipinski definition) is 0. The van der Waals surface area contributed by atoms with Crippen LogP contribution in [0.2, 0.25) is 0 Å². The van der Waals surface area contributed by atoms with Gasteiger partial charge in [-0.05, 0) is 22.0 Å². The lowest BCUT2D eigenvalue weighted by Crippen LogP contribution is -2.20. The summed E-state index contributed by atoms with van der Waals surface area (Å²) in [5.41, 5.74) is 0.949. The molecule has 7 nitrogen and oxygen atoms in total. The third kappa shape index (κ3) is 2.45. The van der Waals surface area contributed by atoms with Gasteiger partial charge in [0.2, 0.25) is 12.1 Å². The highest BCUT2D eigenvalue weighted by Gasteiger charge is 2.24. The Morgan fingerprint density at radius 1 is 1.43 bits per heavy atom. The molecular weight excluding hydrogens is 290 g/mol. The molecule has 3 aromatic rings. The van der Waals surface area contributed by atoms with Crippen molar-refractivity contribution in [2.24, 2.45) is 7.05 Å². The number of imidazole rings is 1. The average Bonchev–Trinajstić information content (AvgIpc) is 3.01. The molecule has 0 N–H and O–H groups in total. The van der Waals surface area contributed by atoms with Crippen LogP contribution in [0.4, 0.5) is 11.6 Å². The number of rotatable bonds is 4. The molecule has 0 atom stereocenters. The van der Waals surface area contributed by atoms with Gasteiger partial charge in [0.25, 0.3) is 0 Å². The summed E-state index contributed by atoms with van der Waals surface area (Å²) in [7, 11) is 3.54. The number of nitro groups is 1. The van der Waals surface area contributed by atoms with Crippen molar-refractivity contribution in [3.8, 4) is 0 Å². The van der Waals surface area contributed by atoms with Gasteiger partial charge in [0, 0.05) is 14.1 Å². The van der Waals surface area contributed by atoms with Gasteiger partial charge >= 0.3 is 5.82 Å². The molecule has 2 heterocycles. The van der Waals surface area contributed by atoms with E-state index >= 15 is 0 Å². The highest BCUT2D eigenvalue weighted by Crippen LogP contribution is 2.28. The van der Waals surface area contributed by atoms with E-state index in [4.69, 9.17) is 0 Å². The van der Waals surface area contributed by atoms with Crippen LogP contribution >= 0.6 is 11.3 Å². The van der Waals surface area contributed by atoms with Crippen molar-refractivity contribution in [2.75, 3.05) is 11.9 Å². The van der Waals surface area contributed by atoms with E-state index in [0.717, 1.165) is 15.2 Å². The van der Waals surface area contributed by atoms with E-state index in [1.54, 1.807) is 34.9 Å². The monoisotopic (exact) mass is 303 g/mol. The quantitative estimate of drug-likeness (QED) is 0.547. The van der Waals surface area contributed by atoms with Crippen molar-refractivity contribution >= 4 is 33.2 Å².